The number of carbonyl (C=O) groups excluding carboxylic acids is 1. The van der Waals surface area contributed by atoms with Crippen LogP contribution in [0.15, 0.2) is 12.4 Å². The number of aromatic nitrogens is 2. The third-order valence-corrected chi connectivity index (χ3v) is 2.94. The second-order valence-electron chi connectivity index (χ2n) is 4.44. The molecule has 0 aromatic carbocycles. The van der Waals surface area contributed by atoms with Crippen molar-refractivity contribution in [3.8, 4) is 0 Å². The van der Waals surface area contributed by atoms with E-state index in [4.69, 9.17) is 0 Å². The van der Waals surface area contributed by atoms with Gasteiger partial charge in [-0.3, -0.25) is 9.48 Å². The average molecular weight is 206 g/mol. The molecule has 1 aromatic heterocycles. The maximum atomic E-state index is 12.2. The van der Waals surface area contributed by atoms with Gasteiger partial charge in [0.25, 0.3) is 0 Å². The van der Waals surface area contributed by atoms with E-state index in [0.717, 1.165) is 25.9 Å². The van der Waals surface area contributed by atoms with Crippen molar-refractivity contribution in [1.29, 1.82) is 0 Å². The van der Waals surface area contributed by atoms with E-state index in [-0.39, 0.29) is 5.91 Å². The third kappa shape index (κ3) is 1.76. The number of likely N-dealkylation sites (tertiary alicyclic amines) is 1. The summed E-state index contributed by atoms with van der Waals surface area (Å²) < 4.78 is 1.67. The molecule has 0 saturated carbocycles. The summed E-state index contributed by atoms with van der Waals surface area (Å²) in [5.41, 5.74) is -0.593. The Morgan fingerprint density at radius 3 is 2.60 bits per heavy atom. The van der Waals surface area contributed by atoms with Gasteiger partial charge in [-0.2, -0.15) is 5.10 Å². The maximum Gasteiger partial charge on any atom is 0.249 e. The molecular weight excluding hydrogens is 190 g/mol. The van der Waals surface area contributed by atoms with Crippen LogP contribution in [-0.2, 0) is 10.3 Å². The first-order valence-electron chi connectivity index (χ1n) is 5.33. The Bertz CT molecular complexity index is 337. The summed E-state index contributed by atoms with van der Waals surface area (Å²) in [7, 11) is 0. The number of amides is 1. The lowest BCUT2D eigenvalue weighted by molar-refractivity contribution is -0.138. The van der Waals surface area contributed by atoms with Crippen LogP contribution in [0.2, 0.25) is 0 Å². The number of nitrogens with zero attached hydrogens (tertiary/aromatic N) is 3. The van der Waals surface area contributed by atoms with Crippen molar-refractivity contribution in [3.05, 3.63) is 18.5 Å². The van der Waals surface area contributed by atoms with Gasteiger partial charge in [0.2, 0.25) is 5.91 Å². The Labute approximate surface area is 89.9 Å². The van der Waals surface area contributed by atoms with Crippen molar-refractivity contribution in [2.24, 2.45) is 0 Å². The van der Waals surface area contributed by atoms with Gasteiger partial charge in [0, 0.05) is 25.4 Å². The van der Waals surface area contributed by atoms with E-state index in [2.05, 4.69) is 11.2 Å². The molecular formula is C11H16N3O. The topological polar surface area (TPSA) is 38.1 Å². The first-order valence-corrected chi connectivity index (χ1v) is 5.33. The lowest BCUT2D eigenvalue weighted by atomic mass is 10.0. The van der Waals surface area contributed by atoms with E-state index in [1.165, 1.54) is 0 Å². The van der Waals surface area contributed by atoms with Gasteiger partial charge in [0.15, 0.2) is 0 Å². The average Bonchev–Trinajstić information content (AvgIpc) is 2.89. The predicted molar refractivity (Wildman–Crippen MR) is 56.2 cm³/mol. The molecule has 0 N–H and O–H groups in total. The zero-order chi connectivity index (χ0) is 10.9. The van der Waals surface area contributed by atoms with Gasteiger partial charge in [-0.25, -0.2) is 0 Å². The first-order chi connectivity index (χ1) is 7.12. The van der Waals surface area contributed by atoms with Gasteiger partial charge < -0.3 is 4.90 Å². The Kier molecular flexibility index (Phi) is 2.50. The molecule has 1 aliphatic heterocycles. The molecule has 1 aromatic rings. The van der Waals surface area contributed by atoms with E-state index in [1.807, 2.05) is 18.7 Å². The monoisotopic (exact) mass is 206 g/mol. The van der Waals surface area contributed by atoms with E-state index in [0.29, 0.717) is 0 Å². The van der Waals surface area contributed by atoms with Crippen molar-refractivity contribution >= 4 is 5.91 Å². The molecule has 4 nitrogen and oxygen atoms in total. The fraction of sp³-hybridized carbons (Fsp3) is 0.636. The highest BCUT2D eigenvalue weighted by Crippen LogP contribution is 2.20. The summed E-state index contributed by atoms with van der Waals surface area (Å²) in [6.07, 6.45) is 5.53. The van der Waals surface area contributed by atoms with Crippen LogP contribution in [0.3, 0.4) is 0 Å². The van der Waals surface area contributed by atoms with Crippen LogP contribution < -0.4 is 0 Å². The molecule has 0 atom stereocenters. The van der Waals surface area contributed by atoms with Crippen molar-refractivity contribution in [2.75, 3.05) is 13.1 Å². The predicted octanol–water partition coefficient (Wildman–Crippen LogP) is 1.04. The Hall–Kier alpha value is -1.32. The van der Waals surface area contributed by atoms with Crippen molar-refractivity contribution < 1.29 is 4.79 Å². The summed E-state index contributed by atoms with van der Waals surface area (Å²) in [6.45, 7) is 5.56. The summed E-state index contributed by atoms with van der Waals surface area (Å²) in [4.78, 5) is 14.1. The van der Waals surface area contributed by atoms with Crippen molar-refractivity contribution in [1.82, 2.24) is 14.7 Å². The molecule has 1 fully saturated rings. The van der Waals surface area contributed by atoms with Gasteiger partial charge in [-0.1, -0.05) is 0 Å². The molecule has 2 heterocycles. The van der Waals surface area contributed by atoms with Crippen LogP contribution >= 0.6 is 0 Å². The summed E-state index contributed by atoms with van der Waals surface area (Å²) in [5.74, 6) is 0.150. The highest BCUT2D eigenvalue weighted by molar-refractivity contribution is 5.83. The van der Waals surface area contributed by atoms with Crippen LogP contribution in [-0.4, -0.2) is 33.7 Å². The Balaban J connectivity index is 2.18. The van der Waals surface area contributed by atoms with Crippen LogP contribution in [0, 0.1) is 6.07 Å². The molecule has 0 unspecified atom stereocenters. The fourth-order valence-corrected chi connectivity index (χ4v) is 1.94. The van der Waals surface area contributed by atoms with Crippen LogP contribution in [0.4, 0.5) is 0 Å². The molecule has 81 valence electrons. The minimum atomic E-state index is -0.593. The van der Waals surface area contributed by atoms with Gasteiger partial charge >= 0.3 is 0 Å². The molecule has 4 heteroatoms. The first kappa shape index (κ1) is 10.2. The minimum absolute atomic E-state index is 0.150. The lowest BCUT2D eigenvalue weighted by Crippen LogP contribution is -2.46. The SMILES string of the molecule is CC(C)(C(=O)N1CCCC1)n1c[c]cn1. The van der Waals surface area contributed by atoms with Crippen LogP contribution in [0.5, 0.6) is 0 Å². The fourth-order valence-electron chi connectivity index (χ4n) is 1.94. The van der Waals surface area contributed by atoms with E-state index in [9.17, 15) is 4.79 Å². The van der Waals surface area contributed by atoms with Crippen LogP contribution in [0.25, 0.3) is 0 Å². The highest BCUT2D eigenvalue weighted by Gasteiger charge is 2.35. The number of hydrogen-bond acceptors (Lipinski definition) is 2. The van der Waals surface area contributed by atoms with Gasteiger partial charge in [-0.15, -0.1) is 0 Å². The molecule has 15 heavy (non-hydrogen) atoms. The van der Waals surface area contributed by atoms with Gasteiger partial charge in [0.05, 0.1) is 6.20 Å². The van der Waals surface area contributed by atoms with E-state index < -0.39 is 5.54 Å². The standard InChI is InChI=1S/C11H16N3O/c1-11(2,14-9-5-6-12-14)10(15)13-7-3-4-8-13/h6,9H,3-4,7-8H2,1-2H3. The lowest BCUT2D eigenvalue weighted by Gasteiger charge is -2.29. The number of rotatable bonds is 2. The van der Waals surface area contributed by atoms with Gasteiger partial charge in [0.1, 0.15) is 5.54 Å². The smallest absolute Gasteiger partial charge is 0.249 e. The third-order valence-electron chi connectivity index (χ3n) is 2.94. The zero-order valence-corrected chi connectivity index (χ0v) is 9.23. The zero-order valence-electron chi connectivity index (χ0n) is 9.23. The van der Waals surface area contributed by atoms with E-state index >= 15 is 0 Å². The summed E-state index contributed by atoms with van der Waals surface area (Å²) in [6, 6.07) is 2.86. The number of carbonyl (C=O) groups is 1. The van der Waals surface area contributed by atoms with Crippen molar-refractivity contribution in [2.45, 2.75) is 32.2 Å². The highest BCUT2D eigenvalue weighted by atomic mass is 16.2. The quantitative estimate of drug-likeness (QED) is 0.725. The molecule has 1 amide bonds. The second kappa shape index (κ2) is 3.68. The molecule has 0 aliphatic carbocycles. The molecule has 1 aliphatic rings. The minimum Gasteiger partial charge on any atom is -0.341 e. The molecule has 0 spiro atoms. The Morgan fingerprint density at radius 2 is 2.07 bits per heavy atom. The maximum absolute atomic E-state index is 12.2. The normalized spacial score (nSPS) is 17.1. The van der Waals surface area contributed by atoms with Gasteiger partial charge in [-0.05, 0) is 26.7 Å². The van der Waals surface area contributed by atoms with Crippen LogP contribution in [0.1, 0.15) is 26.7 Å². The molecule has 1 radical (unpaired) electrons. The van der Waals surface area contributed by atoms with E-state index in [1.54, 1.807) is 17.1 Å². The second-order valence-corrected chi connectivity index (χ2v) is 4.44. The molecule has 0 bridgehead atoms. The summed E-state index contributed by atoms with van der Waals surface area (Å²) >= 11 is 0. The molecule has 1 saturated heterocycles. The molecule has 2 rings (SSSR count). The Morgan fingerprint density at radius 1 is 1.40 bits per heavy atom. The van der Waals surface area contributed by atoms with Crippen molar-refractivity contribution in [3.63, 3.8) is 0 Å². The number of hydrogen-bond donors (Lipinski definition) is 0. The summed E-state index contributed by atoms with van der Waals surface area (Å²) in [5, 5.41) is 4.09. The largest absolute Gasteiger partial charge is 0.341 e.